The quantitative estimate of drug-likeness (QED) is 0.171. The molecule has 0 bridgehead atoms. The lowest BCUT2D eigenvalue weighted by Gasteiger charge is -1.99. The average molecular weight is 423 g/mol. The Kier molecular flexibility index (Phi) is 40.6. The molecule has 0 heterocycles. The van der Waals surface area contributed by atoms with E-state index in [9.17, 15) is 0 Å². The van der Waals surface area contributed by atoms with Gasteiger partial charge < -0.3 is 9.79 Å². The minimum Gasteiger partial charge on any atom is -0.326 e. The molecule has 0 aromatic carbocycles. The van der Waals surface area contributed by atoms with Gasteiger partial charge in [-0.1, -0.05) is 156 Å². The molecular weight excluding hydrogens is 367 g/mol. The molecule has 0 radical (unpaired) electrons. The third kappa shape index (κ3) is 50.2. The number of hydrogen-bond acceptors (Lipinski definition) is 1. The fourth-order valence-electron chi connectivity index (χ4n) is 3.12. The molecule has 2 N–H and O–H groups in total. The van der Waals surface area contributed by atoms with Crippen molar-refractivity contribution in [3.63, 3.8) is 0 Å². The van der Waals surface area contributed by atoms with E-state index in [2.05, 4.69) is 27.7 Å². The van der Waals surface area contributed by atoms with E-state index in [0.717, 1.165) is 0 Å². The molecule has 0 rings (SSSR count). The predicted molar refractivity (Wildman–Crippen MR) is 128 cm³/mol. The van der Waals surface area contributed by atoms with Crippen LogP contribution in [0.15, 0.2) is 0 Å². The molecule has 0 amide bonds. The van der Waals surface area contributed by atoms with Crippen LogP contribution in [-0.4, -0.2) is 9.79 Å². The smallest absolute Gasteiger partial charge is 0.314 e. The first-order valence-corrected chi connectivity index (χ1v) is 13.8. The van der Waals surface area contributed by atoms with Crippen LogP contribution in [0.25, 0.3) is 0 Å². The first-order valence-electron chi connectivity index (χ1n) is 12.5. The Morgan fingerprint density at radius 1 is 0.393 bits per heavy atom. The maximum Gasteiger partial charge on any atom is 0.314 e. The summed E-state index contributed by atoms with van der Waals surface area (Å²) in [6.07, 6.45) is 28.9. The standard InChI is InChI=1S/2C12H26.H3O3P/c2*1-3-5-7-9-11-12-10-8-6-4-2;1-4(2)3/h2*3-12H2,1-2H3;4H,(H2,1,2,3). The van der Waals surface area contributed by atoms with E-state index in [-0.39, 0.29) is 0 Å². The normalized spacial score (nSPS) is 10.2. The van der Waals surface area contributed by atoms with Crippen LogP contribution in [-0.2, 0) is 4.57 Å². The van der Waals surface area contributed by atoms with E-state index in [1.54, 1.807) is 0 Å². The lowest BCUT2D eigenvalue weighted by molar-refractivity contribution is 0.405. The van der Waals surface area contributed by atoms with Crippen LogP contribution in [0.3, 0.4) is 0 Å². The molecule has 0 aliphatic carbocycles. The van der Waals surface area contributed by atoms with Gasteiger partial charge in [0.2, 0.25) is 0 Å². The summed E-state index contributed by atoms with van der Waals surface area (Å²) in [6.45, 7) is 9.12. The number of rotatable bonds is 18. The molecular formula is C24H55O3P. The van der Waals surface area contributed by atoms with Crippen molar-refractivity contribution < 1.29 is 14.4 Å². The third-order valence-corrected chi connectivity index (χ3v) is 4.91. The van der Waals surface area contributed by atoms with E-state index in [1.807, 2.05) is 0 Å². The van der Waals surface area contributed by atoms with E-state index in [4.69, 9.17) is 14.4 Å². The molecule has 0 aromatic heterocycles. The summed E-state index contributed by atoms with van der Waals surface area (Å²) in [6, 6.07) is 0. The molecule has 4 heteroatoms. The maximum absolute atomic E-state index is 8.74. The first kappa shape index (κ1) is 32.8. The average Bonchev–Trinajstić information content (AvgIpc) is 2.66. The fourth-order valence-corrected chi connectivity index (χ4v) is 3.12. The molecule has 28 heavy (non-hydrogen) atoms. The summed E-state index contributed by atoms with van der Waals surface area (Å²) in [4.78, 5) is 14.3. The van der Waals surface area contributed by atoms with Gasteiger partial charge in [0.05, 0.1) is 0 Å². The van der Waals surface area contributed by atoms with Gasteiger partial charge in [0, 0.05) is 0 Å². The van der Waals surface area contributed by atoms with Crippen LogP contribution in [0.1, 0.15) is 156 Å². The summed E-state index contributed by atoms with van der Waals surface area (Å²) >= 11 is 0. The van der Waals surface area contributed by atoms with E-state index in [1.165, 1.54) is 128 Å². The minimum atomic E-state index is -3.13. The Labute approximate surface area is 179 Å². The van der Waals surface area contributed by atoms with E-state index < -0.39 is 8.25 Å². The summed E-state index contributed by atoms with van der Waals surface area (Å²) in [5.74, 6) is 0. The van der Waals surface area contributed by atoms with Gasteiger partial charge >= 0.3 is 8.25 Å². The van der Waals surface area contributed by atoms with Crippen LogP contribution in [0.4, 0.5) is 0 Å². The van der Waals surface area contributed by atoms with Crippen molar-refractivity contribution in [2.75, 3.05) is 0 Å². The second-order valence-electron chi connectivity index (χ2n) is 7.94. The molecule has 0 unspecified atom stereocenters. The van der Waals surface area contributed by atoms with Crippen molar-refractivity contribution in [1.29, 1.82) is 0 Å². The monoisotopic (exact) mass is 422 g/mol. The lowest BCUT2D eigenvalue weighted by Crippen LogP contribution is -1.80. The highest BCUT2D eigenvalue weighted by atomic mass is 31.1. The highest BCUT2D eigenvalue weighted by Gasteiger charge is 1.91. The van der Waals surface area contributed by atoms with Crippen LogP contribution >= 0.6 is 8.25 Å². The van der Waals surface area contributed by atoms with Gasteiger partial charge in [-0.25, -0.2) is 0 Å². The topological polar surface area (TPSA) is 57.5 Å². The zero-order valence-corrected chi connectivity index (χ0v) is 20.9. The molecule has 0 atom stereocenters. The minimum absolute atomic E-state index is 1.37. The molecule has 0 spiro atoms. The molecule has 0 aliphatic rings. The second kappa shape index (κ2) is 34.6. The van der Waals surface area contributed by atoms with Gasteiger partial charge in [-0.2, -0.15) is 0 Å². The maximum atomic E-state index is 8.74. The molecule has 0 saturated carbocycles. The predicted octanol–water partition coefficient (Wildman–Crippen LogP) is 9.22. The Bertz CT molecular complexity index is 216. The second-order valence-corrected chi connectivity index (χ2v) is 8.50. The van der Waals surface area contributed by atoms with Crippen molar-refractivity contribution in [2.24, 2.45) is 0 Å². The van der Waals surface area contributed by atoms with Crippen LogP contribution in [0, 0.1) is 0 Å². The van der Waals surface area contributed by atoms with Crippen molar-refractivity contribution in [3.05, 3.63) is 0 Å². The Balaban J connectivity index is -0.000000375. The van der Waals surface area contributed by atoms with Gasteiger partial charge in [-0.15, -0.1) is 0 Å². The summed E-state index contributed by atoms with van der Waals surface area (Å²) in [5, 5.41) is 0. The van der Waals surface area contributed by atoms with Crippen molar-refractivity contribution >= 4 is 8.25 Å². The summed E-state index contributed by atoms with van der Waals surface area (Å²) in [7, 11) is -3.13. The fraction of sp³-hybridized carbons (Fsp3) is 1.00. The highest BCUT2D eigenvalue weighted by molar-refractivity contribution is 7.30. The SMILES string of the molecule is CCCCCCCCCCCC.CCCCCCCCCCCC.O=[PH](O)O. The Morgan fingerprint density at radius 2 is 0.500 bits per heavy atom. The Morgan fingerprint density at radius 3 is 0.607 bits per heavy atom. The zero-order chi connectivity index (χ0) is 21.7. The molecule has 0 aliphatic heterocycles. The van der Waals surface area contributed by atoms with Crippen LogP contribution in [0.5, 0.6) is 0 Å². The van der Waals surface area contributed by atoms with Gasteiger partial charge in [-0.3, -0.25) is 4.57 Å². The van der Waals surface area contributed by atoms with Crippen molar-refractivity contribution in [1.82, 2.24) is 0 Å². The summed E-state index contributed by atoms with van der Waals surface area (Å²) < 4.78 is 8.74. The third-order valence-electron chi connectivity index (χ3n) is 4.91. The molecule has 3 nitrogen and oxygen atoms in total. The molecule has 0 fully saturated rings. The molecule has 0 saturated heterocycles. The van der Waals surface area contributed by atoms with Crippen LogP contribution < -0.4 is 0 Å². The Hall–Kier alpha value is 0.150. The highest BCUT2D eigenvalue weighted by Crippen LogP contribution is 2.10. The van der Waals surface area contributed by atoms with Gasteiger partial charge in [0.25, 0.3) is 0 Å². The van der Waals surface area contributed by atoms with Gasteiger partial charge in [-0.05, 0) is 0 Å². The lowest BCUT2D eigenvalue weighted by atomic mass is 10.1. The zero-order valence-electron chi connectivity index (χ0n) is 19.9. The van der Waals surface area contributed by atoms with Gasteiger partial charge in [0.15, 0.2) is 0 Å². The number of unbranched alkanes of at least 4 members (excludes halogenated alkanes) is 18. The van der Waals surface area contributed by atoms with Gasteiger partial charge in [0.1, 0.15) is 0 Å². The number of hydrogen-bond donors (Lipinski definition) is 2. The molecule has 0 aromatic rings. The van der Waals surface area contributed by atoms with Crippen LogP contribution in [0.2, 0.25) is 0 Å². The van der Waals surface area contributed by atoms with Crippen molar-refractivity contribution in [3.8, 4) is 0 Å². The largest absolute Gasteiger partial charge is 0.326 e. The molecule has 174 valence electrons. The van der Waals surface area contributed by atoms with Crippen molar-refractivity contribution in [2.45, 2.75) is 156 Å². The van der Waals surface area contributed by atoms with E-state index >= 15 is 0 Å². The van der Waals surface area contributed by atoms with E-state index in [0.29, 0.717) is 0 Å². The first-order chi connectivity index (χ1) is 13.6. The summed E-state index contributed by atoms with van der Waals surface area (Å²) in [5.41, 5.74) is 0.